The Balaban J connectivity index is 2.55. The van der Waals surface area contributed by atoms with Gasteiger partial charge in [0, 0.05) is 6.07 Å². The van der Waals surface area contributed by atoms with Crippen molar-refractivity contribution in [1.82, 2.24) is 0 Å². The lowest BCUT2D eigenvalue weighted by Crippen LogP contribution is -2.29. The van der Waals surface area contributed by atoms with Crippen molar-refractivity contribution in [3.63, 3.8) is 0 Å². The van der Waals surface area contributed by atoms with E-state index in [1.165, 1.54) is 13.2 Å². The van der Waals surface area contributed by atoms with Gasteiger partial charge in [-0.2, -0.15) is 0 Å². The number of amides is 2. The van der Waals surface area contributed by atoms with Crippen LogP contribution in [0.2, 0.25) is 5.02 Å². The molecule has 0 radical (unpaired) electrons. The fourth-order valence-corrected chi connectivity index (χ4v) is 1.96. The zero-order valence-corrected chi connectivity index (χ0v) is 11.7. The van der Waals surface area contributed by atoms with Gasteiger partial charge >= 0.3 is 12.0 Å². The summed E-state index contributed by atoms with van der Waals surface area (Å²) in [7, 11) is 1.34. The first-order valence-electron chi connectivity index (χ1n) is 5.63. The van der Waals surface area contributed by atoms with E-state index >= 15 is 0 Å². The van der Waals surface area contributed by atoms with Gasteiger partial charge in [-0.15, -0.1) is 0 Å². The van der Waals surface area contributed by atoms with Crippen LogP contribution in [-0.4, -0.2) is 19.1 Å². The average molecular weight is 300 g/mol. The number of imide groups is 1. The van der Waals surface area contributed by atoms with Crippen molar-refractivity contribution >= 4 is 29.3 Å². The maximum atomic E-state index is 13.9. The highest BCUT2D eigenvalue weighted by molar-refractivity contribution is 6.32. The lowest BCUT2D eigenvalue weighted by atomic mass is 10.2. The second kappa shape index (κ2) is 5.13. The summed E-state index contributed by atoms with van der Waals surface area (Å²) in [6, 6.07) is 2.14. The Morgan fingerprint density at radius 1 is 1.35 bits per heavy atom. The zero-order valence-electron chi connectivity index (χ0n) is 11.0. The van der Waals surface area contributed by atoms with Crippen LogP contribution in [-0.2, 0) is 9.53 Å². The number of carbonyl (C=O) groups is 2. The van der Waals surface area contributed by atoms with Crippen LogP contribution in [0.4, 0.5) is 14.9 Å². The molecule has 1 heterocycles. The highest BCUT2D eigenvalue weighted by Crippen LogP contribution is 2.35. The van der Waals surface area contributed by atoms with Crippen molar-refractivity contribution in [1.29, 1.82) is 0 Å². The molecule has 1 aliphatic heterocycles. The lowest BCUT2D eigenvalue weighted by Gasteiger charge is -2.13. The first-order chi connectivity index (χ1) is 9.36. The molecule has 2 amide bonds. The zero-order chi connectivity index (χ0) is 15.0. The minimum Gasteiger partial charge on any atom is -0.495 e. The highest BCUT2D eigenvalue weighted by atomic mass is 35.5. The molecule has 1 aliphatic rings. The van der Waals surface area contributed by atoms with Crippen LogP contribution in [0.3, 0.4) is 0 Å². The van der Waals surface area contributed by atoms with Crippen LogP contribution in [0, 0.1) is 5.82 Å². The predicted molar refractivity (Wildman–Crippen MR) is 70.3 cm³/mol. The number of benzene rings is 1. The first kappa shape index (κ1) is 14.3. The number of hydrogen-bond donors (Lipinski definition) is 0. The Kier molecular flexibility index (Phi) is 3.67. The monoisotopic (exact) mass is 299 g/mol. The third-order valence-corrected chi connectivity index (χ3v) is 2.98. The minimum absolute atomic E-state index is 0.0381. The number of allylic oxidation sites excluding steroid dienone is 1. The van der Waals surface area contributed by atoms with Crippen molar-refractivity contribution in [2.24, 2.45) is 0 Å². The molecule has 1 aromatic rings. The Morgan fingerprint density at radius 2 is 2.00 bits per heavy atom. The van der Waals surface area contributed by atoms with E-state index in [-0.39, 0.29) is 22.2 Å². The summed E-state index contributed by atoms with van der Waals surface area (Å²) in [5.74, 6) is -1.51. The van der Waals surface area contributed by atoms with Crippen LogP contribution in [0.15, 0.2) is 23.5 Å². The number of ether oxygens (including phenoxy) is 2. The van der Waals surface area contributed by atoms with E-state index < -0.39 is 17.8 Å². The van der Waals surface area contributed by atoms with Gasteiger partial charge in [-0.25, -0.2) is 14.1 Å². The van der Waals surface area contributed by atoms with E-state index in [2.05, 4.69) is 0 Å². The molecule has 0 aromatic heterocycles. The molecule has 0 N–H and O–H groups in total. The summed E-state index contributed by atoms with van der Waals surface area (Å²) < 4.78 is 23.7. The number of methoxy groups -OCH3 is 1. The molecule has 20 heavy (non-hydrogen) atoms. The van der Waals surface area contributed by atoms with Gasteiger partial charge in [0.25, 0.3) is 0 Å². The number of rotatable bonds is 2. The Hall–Kier alpha value is -2.08. The molecule has 106 valence electrons. The lowest BCUT2D eigenvalue weighted by molar-refractivity contribution is -0.114. The summed E-state index contributed by atoms with van der Waals surface area (Å²) in [5, 5.41) is 0.0381. The molecular formula is C13H11ClFNO4. The average Bonchev–Trinajstić information content (AvgIpc) is 2.66. The molecule has 0 unspecified atom stereocenters. The van der Waals surface area contributed by atoms with Crippen molar-refractivity contribution < 1.29 is 23.5 Å². The van der Waals surface area contributed by atoms with Crippen molar-refractivity contribution in [3.8, 4) is 5.75 Å². The van der Waals surface area contributed by atoms with Gasteiger partial charge in [0.15, 0.2) is 5.76 Å². The normalized spacial score (nSPS) is 14.7. The van der Waals surface area contributed by atoms with Gasteiger partial charge in [0.05, 0.1) is 17.8 Å². The highest BCUT2D eigenvalue weighted by Gasteiger charge is 2.40. The number of cyclic esters (lactones) is 1. The minimum atomic E-state index is -0.963. The van der Waals surface area contributed by atoms with Crippen molar-refractivity contribution in [2.75, 3.05) is 12.0 Å². The largest absolute Gasteiger partial charge is 0.495 e. The Bertz CT molecular complexity index is 638. The van der Waals surface area contributed by atoms with Crippen LogP contribution >= 0.6 is 11.6 Å². The van der Waals surface area contributed by atoms with Gasteiger partial charge in [-0.1, -0.05) is 11.6 Å². The number of anilines is 1. The van der Waals surface area contributed by atoms with Crippen LogP contribution in [0.1, 0.15) is 13.8 Å². The second-order valence-electron chi connectivity index (χ2n) is 4.28. The topological polar surface area (TPSA) is 55.8 Å². The maximum absolute atomic E-state index is 13.9. The molecule has 0 spiro atoms. The summed E-state index contributed by atoms with van der Waals surface area (Å²) in [6.07, 6.45) is -0.963. The van der Waals surface area contributed by atoms with Crippen LogP contribution in [0.25, 0.3) is 0 Å². The molecule has 0 bridgehead atoms. The molecule has 1 fully saturated rings. The van der Waals surface area contributed by atoms with E-state index in [4.69, 9.17) is 21.1 Å². The van der Waals surface area contributed by atoms with Crippen molar-refractivity contribution in [3.05, 3.63) is 34.3 Å². The summed E-state index contributed by atoms with van der Waals surface area (Å²) in [5.41, 5.74) is 0.254. The fraction of sp³-hybridized carbons (Fsp3) is 0.231. The summed E-state index contributed by atoms with van der Waals surface area (Å²) >= 11 is 5.77. The summed E-state index contributed by atoms with van der Waals surface area (Å²) in [6.45, 7) is 3.23. The van der Waals surface area contributed by atoms with Gasteiger partial charge < -0.3 is 9.47 Å². The van der Waals surface area contributed by atoms with Gasteiger partial charge in [-0.3, -0.25) is 4.79 Å². The van der Waals surface area contributed by atoms with Gasteiger partial charge in [0.1, 0.15) is 11.6 Å². The molecule has 1 aromatic carbocycles. The third kappa shape index (κ3) is 2.22. The standard InChI is InChI=1S/C13H11ClFNO4/c1-6(2)11-12(17)16(13(18)20-11)9-5-10(19-3)7(14)4-8(9)15/h4-5H,1-3H3. The molecule has 1 saturated heterocycles. The Morgan fingerprint density at radius 3 is 2.50 bits per heavy atom. The quantitative estimate of drug-likeness (QED) is 0.787. The van der Waals surface area contributed by atoms with E-state index in [9.17, 15) is 14.0 Å². The molecular weight excluding hydrogens is 289 g/mol. The van der Waals surface area contributed by atoms with Crippen LogP contribution < -0.4 is 9.64 Å². The number of hydrogen-bond acceptors (Lipinski definition) is 4. The number of carbonyl (C=O) groups excluding carboxylic acids is 2. The fourth-order valence-electron chi connectivity index (χ4n) is 1.73. The van der Waals surface area contributed by atoms with Crippen LogP contribution in [0.5, 0.6) is 5.75 Å². The molecule has 7 heteroatoms. The maximum Gasteiger partial charge on any atom is 0.427 e. The SMILES string of the molecule is COc1cc(N2C(=O)OC(=C(C)C)C2=O)c(F)cc1Cl. The number of nitrogens with zero attached hydrogens (tertiary/aromatic N) is 1. The van der Waals surface area contributed by atoms with Crippen molar-refractivity contribution in [2.45, 2.75) is 13.8 Å². The molecule has 5 nitrogen and oxygen atoms in total. The van der Waals surface area contributed by atoms with E-state index in [0.717, 1.165) is 6.07 Å². The van der Waals surface area contributed by atoms with Gasteiger partial charge in [-0.05, 0) is 25.5 Å². The first-order valence-corrected chi connectivity index (χ1v) is 6.01. The van der Waals surface area contributed by atoms with Gasteiger partial charge in [0.2, 0.25) is 0 Å². The smallest absolute Gasteiger partial charge is 0.427 e. The third-order valence-electron chi connectivity index (χ3n) is 2.69. The molecule has 0 atom stereocenters. The van der Waals surface area contributed by atoms with E-state index in [1.807, 2.05) is 0 Å². The predicted octanol–water partition coefficient (Wildman–Crippen LogP) is 3.26. The van der Waals surface area contributed by atoms with E-state index in [1.54, 1.807) is 13.8 Å². The number of halogens is 2. The summed E-state index contributed by atoms with van der Waals surface area (Å²) in [4.78, 5) is 24.4. The Labute approximate surface area is 119 Å². The van der Waals surface area contributed by atoms with E-state index in [0.29, 0.717) is 10.5 Å². The second-order valence-corrected chi connectivity index (χ2v) is 4.68. The molecule has 2 rings (SSSR count). The molecule has 0 saturated carbocycles. The molecule has 0 aliphatic carbocycles.